The third-order valence-electron chi connectivity index (χ3n) is 2.92. The molecule has 1 amide bonds. The topological polar surface area (TPSA) is 55.8 Å². The van der Waals surface area contributed by atoms with E-state index in [1.165, 1.54) is 36.3 Å². The Balaban J connectivity index is 2.81. The fourth-order valence-corrected chi connectivity index (χ4v) is 1.77. The van der Waals surface area contributed by atoms with E-state index < -0.39 is 11.6 Å². The predicted octanol–water partition coefficient (Wildman–Crippen LogP) is 2.00. The van der Waals surface area contributed by atoms with Crippen LogP contribution < -0.4 is 4.74 Å². The van der Waals surface area contributed by atoms with Gasteiger partial charge in [-0.2, -0.15) is 0 Å². The van der Waals surface area contributed by atoms with Crippen LogP contribution in [0, 0.1) is 5.82 Å². The molecule has 0 bridgehead atoms. The molecule has 0 radical (unpaired) electrons. The molecule has 0 fully saturated rings. The lowest BCUT2D eigenvalue weighted by atomic mass is 10.1. The van der Waals surface area contributed by atoms with Crippen LogP contribution in [0.5, 0.6) is 5.75 Å². The molecule has 0 heterocycles. The van der Waals surface area contributed by atoms with Crippen molar-refractivity contribution >= 4 is 11.9 Å². The average molecular weight is 297 g/mol. The molecule has 0 saturated carbocycles. The Bertz CT molecular complexity index is 499. The summed E-state index contributed by atoms with van der Waals surface area (Å²) < 4.78 is 23.0. The second-order valence-electron chi connectivity index (χ2n) is 4.96. The smallest absolute Gasteiger partial charge is 0.325 e. The lowest BCUT2D eigenvalue weighted by Crippen LogP contribution is -2.50. The van der Waals surface area contributed by atoms with Gasteiger partial charge in [-0.1, -0.05) is 0 Å². The Hall–Kier alpha value is -2.11. The number of carbonyl (C=O) groups is 2. The maximum Gasteiger partial charge on any atom is 0.325 e. The summed E-state index contributed by atoms with van der Waals surface area (Å²) in [6.45, 7) is 5.16. The van der Waals surface area contributed by atoms with Gasteiger partial charge in [0.25, 0.3) is 5.91 Å². The van der Waals surface area contributed by atoms with Crippen LogP contribution in [0.15, 0.2) is 24.3 Å². The number of methoxy groups -OCH3 is 1. The van der Waals surface area contributed by atoms with E-state index in [0.717, 1.165) is 0 Å². The number of ether oxygens (including phenoxy) is 2. The molecule has 0 aliphatic carbocycles. The van der Waals surface area contributed by atoms with Gasteiger partial charge in [0.15, 0.2) is 5.60 Å². The highest BCUT2D eigenvalue weighted by Crippen LogP contribution is 2.20. The lowest BCUT2D eigenvalue weighted by Gasteiger charge is -2.31. The molecule has 21 heavy (non-hydrogen) atoms. The Morgan fingerprint density at radius 1 is 1.24 bits per heavy atom. The molecule has 0 N–H and O–H groups in total. The van der Waals surface area contributed by atoms with Crippen LogP contribution in [0.4, 0.5) is 4.39 Å². The van der Waals surface area contributed by atoms with Gasteiger partial charge in [0.05, 0.1) is 7.11 Å². The van der Waals surface area contributed by atoms with Crippen molar-refractivity contribution in [2.75, 3.05) is 20.2 Å². The first kappa shape index (κ1) is 16.9. The van der Waals surface area contributed by atoms with E-state index in [4.69, 9.17) is 4.74 Å². The Morgan fingerprint density at radius 2 is 1.81 bits per heavy atom. The van der Waals surface area contributed by atoms with Gasteiger partial charge >= 0.3 is 5.97 Å². The van der Waals surface area contributed by atoms with Crippen molar-refractivity contribution in [2.24, 2.45) is 0 Å². The molecule has 0 aliphatic heterocycles. The van der Waals surface area contributed by atoms with E-state index >= 15 is 0 Å². The third kappa shape index (κ3) is 4.73. The number of esters is 1. The van der Waals surface area contributed by atoms with E-state index in [0.29, 0.717) is 12.3 Å². The van der Waals surface area contributed by atoms with Crippen LogP contribution >= 0.6 is 0 Å². The first-order chi connectivity index (χ1) is 9.80. The lowest BCUT2D eigenvalue weighted by molar-refractivity contribution is -0.153. The van der Waals surface area contributed by atoms with Crippen molar-refractivity contribution in [1.82, 2.24) is 4.90 Å². The van der Waals surface area contributed by atoms with Gasteiger partial charge in [-0.15, -0.1) is 0 Å². The number of hydrogen-bond donors (Lipinski definition) is 0. The minimum atomic E-state index is -1.18. The maximum atomic E-state index is 12.9. The maximum absolute atomic E-state index is 12.9. The van der Waals surface area contributed by atoms with Crippen molar-refractivity contribution in [3.63, 3.8) is 0 Å². The second kappa shape index (κ2) is 7.06. The van der Waals surface area contributed by atoms with E-state index in [-0.39, 0.29) is 18.3 Å². The summed E-state index contributed by atoms with van der Waals surface area (Å²) in [5.41, 5.74) is -1.18. The largest absolute Gasteiger partial charge is 0.478 e. The normalized spacial score (nSPS) is 10.9. The zero-order valence-electron chi connectivity index (χ0n) is 12.7. The highest BCUT2D eigenvalue weighted by molar-refractivity contribution is 5.88. The third-order valence-corrected chi connectivity index (χ3v) is 2.92. The van der Waals surface area contributed by atoms with Gasteiger partial charge in [0, 0.05) is 6.54 Å². The number of hydrogen-bond acceptors (Lipinski definition) is 4. The Kier molecular flexibility index (Phi) is 5.69. The summed E-state index contributed by atoms with van der Waals surface area (Å²) in [4.78, 5) is 25.1. The molecule has 1 aromatic rings. The quantitative estimate of drug-likeness (QED) is 0.754. The number of benzene rings is 1. The van der Waals surface area contributed by atoms with Gasteiger partial charge in [0.2, 0.25) is 0 Å². The van der Waals surface area contributed by atoms with Crippen molar-refractivity contribution in [1.29, 1.82) is 0 Å². The number of rotatable bonds is 6. The molecule has 0 atom stereocenters. The minimum Gasteiger partial charge on any atom is -0.478 e. The molecule has 0 unspecified atom stereocenters. The summed E-state index contributed by atoms with van der Waals surface area (Å²) in [6, 6.07) is 5.39. The van der Waals surface area contributed by atoms with Crippen molar-refractivity contribution in [3.05, 3.63) is 30.1 Å². The van der Waals surface area contributed by atoms with Gasteiger partial charge < -0.3 is 14.4 Å². The number of amides is 1. The number of likely N-dealkylation sites (N-methyl/N-ethyl adjacent to an activating group) is 1. The fraction of sp³-hybridized carbons (Fsp3) is 0.467. The summed E-state index contributed by atoms with van der Waals surface area (Å²) in [5, 5.41) is 0. The summed E-state index contributed by atoms with van der Waals surface area (Å²) in [7, 11) is 1.26. The first-order valence-corrected chi connectivity index (χ1v) is 6.61. The molecular weight excluding hydrogens is 277 g/mol. The monoisotopic (exact) mass is 297 g/mol. The predicted molar refractivity (Wildman–Crippen MR) is 75.4 cm³/mol. The zero-order chi connectivity index (χ0) is 16.0. The Labute approximate surface area is 123 Å². The van der Waals surface area contributed by atoms with E-state index in [9.17, 15) is 14.0 Å². The first-order valence-electron chi connectivity index (χ1n) is 6.61. The van der Waals surface area contributed by atoms with Crippen molar-refractivity contribution in [3.8, 4) is 5.75 Å². The molecule has 5 nitrogen and oxygen atoms in total. The number of carbonyl (C=O) groups excluding carboxylic acids is 2. The summed E-state index contributed by atoms with van der Waals surface area (Å²) in [6.07, 6.45) is 0. The van der Waals surface area contributed by atoms with E-state index in [1.54, 1.807) is 20.8 Å². The second-order valence-corrected chi connectivity index (χ2v) is 4.96. The van der Waals surface area contributed by atoms with Gasteiger partial charge in [-0.3, -0.25) is 9.59 Å². The summed E-state index contributed by atoms with van der Waals surface area (Å²) in [5.74, 6) is -0.848. The van der Waals surface area contributed by atoms with Crippen molar-refractivity contribution in [2.45, 2.75) is 26.4 Å². The standard InChI is InChI=1S/C15H20FNO4/c1-5-17(10-13(18)20-4)14(19)15(2,3)21-12-8-6-11(16)7-9-12/h6-9H,5,10H2,1-4H3. The molecule has 0 aliphatic rings. The van der Waals surface area contributed by atoms with Gasteiger partial charge in [-0.25, -0.2) is 4.39 Å². The number of halogens is 1. The van der Waals surface area contributed by atoms with Crippen LogP contribution in [0.25, 0.3) is 0 Å². The molecule has 0 spiro atoms. The van der Waals surface area contributed by atoms with Gasteiger partial charge in [0.1, 0.15) is 18.1 Å². The van der Waals surface area contributed by atoms with Crippen molar-refractivity contribution < 1.29 is 23.5 Å². The SMILES string of the molecule is CCN(CC(=O)OC)C(=O)C(C)(C)Oc1ccc(F)cc1. The fourth-order valence-electron chi connectivity index (χ4n) is 1.77. The molecule has 0 aromatic heterocycles. The van der Waals surface area contributed by atoms with Crippen LogP contribution in [-0.4, -0.2) is 42.6 Å². The average Bonchev–Trinajstić information content (AvgIpc) is 2.45. The highest BCUT2D eigenvalue weighted by Gasteiger charge is 2.34. The van der Waals surface area contributed by atoms with Gasteiger partial charge in [-0.05, 0) is 45.0 Å². The molecule has 116 valence electrons. The summed E-state index contributed by atoms with van der Waals surface area (Å²) >= 11 is 0. The number of nitrogens with zero attached hydrogens (tertiary/aromatic N) is 1. The minimum absolute atomic E-state index is 0.137. The van der Waals surface area contributed by atoms with Crippen LogP contribution in [0.3, 0.4) is 0 Å². The molecule has 0 saturated heterocycles. The van der Waals surface area contributed by atoms with Crippen LogP contribution in [-0.2, 0) is 14.3 Å². The van der Waals surface area contributed by atoms with E-state index in [1.807, 2.05) is 0 Å². The molecule has 6 heteroatoms. The molecule has 1 aromatic carbocycles. The van der Waals surface area contributed by atoms with Crippen LogP contribution in [0.1, 0.15) is 20.8 Å². The molecule has 1 rings (SSSR count). The Morgan fingerprint density at radius 3 is 2.29 bits per heavy atom. The molecular formula is C15H20FNO4. The highest BCUT2D eigenvalue weighted by atomic mass is 19.1. The zero-order valence-corrected chi connectivity index (χ0v) is 12.7. The van der Waals surface area contributed by atoms with E-state index in [2.05, 4.69) is 4.74 Å². The van der Waals surface area contributed by atoms with Crippen LogP contribution in [0.2, 0.25) is 0 Å².